The fraction of sp³-hybridized carbons (Fsp3) is 0.542. The number of hydrogen-bond donors (Lipinski definition) is 1. The first-order valence-corrected chi connectivity index (χ1v) is 12.9. The number of hydrogen-bond acceptors (Lipinski definition) is 5. The van der Waals surface area contributed by atoms with Crippen molar-refractivity contribution in [1.29, 1.82) is 5.26 Å². The first-order valence-electron chi connectivity index (χ1n) is 11.6. The van der Waals surface area contributed by atoms with E-state index in [1.54, 1.807) is 0 Å². The molecule has 4 heterocycles. The van der Waals surface area contributed by atoms with Gasteiger partial charge in [0.1, 0.15) is 5.82 Å². The largest absolute Gasteiger partial charge is 0.378 e. The van der Waals surface area contributed by atoms with E-state index in [-0.39, 0.29) is 5.41 Å². The van der Waals surface area contributed by atoms with Gasteiger partial charge in [-0.3, -0.25) is 5.10 Å². The number of rotatable bonds is 4. The summed E-state index contributed by atoms with van der Waals surface area (Å²) in [6.45, 7) is 9.36. The van der Waals surface area contributed by atoms with Gasteiger partial charge in [-0.05, 0) is 55.9 Å². The molecule has 164 valence electrons. The minimum atomic E-state index is -0.713. The molecular weight excluding hydrogens is 405 g/mol. The number of fused-ring (bicyclic) bond motifs is 1. The van der Waals surface area contributed by atoms with Gasteiger partial charge in [0.2, 0.25) is 0 Å². The Morgan fingerprint density at radius 1 is 1.23 bits per heavy atom. The second-order valence-corrected chi connectivity index (χ2v) is 10.2. The molecule has 1 unspecified atom stereocenters. The van der Waals surface area contributed by atoms with E-state index in [4.69, 9.17) is 9.72 Å². The van der Waals surface area contributed by atoms with E-state index in [2.05, 4.69) is 46.3 Å². The molecule has 1 saturated heterocycles. The van der Waals surface area contributed by atoms with E-state index in [1.165, 1.54) is 16.2 Å². The van der Waals surface area contributed by atoms with E-state index >= 15 is 0 Å². The lowest BCUT2D eigenvalue weighted by Crippen LogP contribution is -2.37. The predicted octanol–water partition coefficient (Wildman–Crippen LogP) is 5.69. The Hall–Kier alpha value is -2.35. The van der Waals surface area contributed by atoms with Gasteiger partial charge in [-0.1, -0.05) is 33.6 Å². The summed E-state index contributed by atoms with van der Waals surface area (Å²) in [6, 6.07) is 9.34. The monoisotopic (exact) mass is 437 g/mol. The van der Waals surface area contributed by atoms with Crippen molar-refractivity contribution in [2.75, 3.05) is 31.2 Å². The van der Waals surface area contributed by atoms with E-state index in [1.807, 2.05) is 20.0 Å². The van der Waals surface area contributed by atoms with Crippen molar-refractivity contribution in [2.45, 2.75) is 58.3 Å². The minimum Gasteiger partial charge on any atom is -0.378 e. The van der Waals surface area contributed by atoms with Crippen LogP contribution >= 0.6 is 7.53 Å². The Bertz CT molecular complexity index is 1050. The number of nitrogens with one attached hydrogen (secondary N) is 1. The van der Waals surface area contributed by atoms with Crippen LogP contribution in [0.25, 0.3) is 16.1 Å². The second-order valence-electron chi connectivity index (χ2n) is 8.03. The topological polar surface area (TPSA) is 77.8 Å². The average molecular weight is 438 g/mol. The Labute approximate surface area is 185 Å². The molecule has 2 fully saturated rings. The summed E-state index contributed by atoms with van der Waals surface area (Å²) in [5.74, 6) is 1.00. The highest BCUT2D eigenvalue weighted by Crippen LogP contribution is 2.54. The summed E-state index contributed by atoms with van der Waals surface area (Å²) in [6.07, 6.45) is 6.93. The van der Waals surface area contributed by atoms with Crippen molar-refractivity contribution >= 4 is 24.0 Å². The van der Waals surface area contributed by atoms with Gasteiger partial charge in [-0.25, -0.2) is 4.98 Å². The molecule has 0 spiro atoms. The fourth-order valence-corrected chi connectivity index (χ4v) is 7.27. The van der Waals surface area contributed by atoms with Crippen molar-refractivity contribution in [3.05, 3.63) is 35.3 Å². The summed E-state index contributed by atoms with van der Waals surface area (Å²) in [7, 11) is -0.713. The predicted molar refractivity (Wildman–Crippen MR) is 127 cm³/mol. The van der Waals surface area contributed by atoms with Gasteiger partial charge >= 0.3 is 0 Å². The van der Waals surface area contributed by atoms with Crippen LogP contribution in [-0.4, -0.2) is 41.5 Å². The van der Waals surface area contributed by atoms with Crippen LogP contribution in [-0.2, 0) is 16.6 Å². The fourth-order valence-electron chi connectivity index (χ4n) is 4.88. The van der Waals surface area contributed by atoms with Crippen molar-refractivity contribution < 1.29 is 4.74 Å². The van der Waals surface area contributed by atoms with Crippen molar-refractivity contribution in [1.82, 2.24) is 15.2 Å². The number of nitrogens with zero attached hydrogens (tertiary/aromatic N) is 4. The van der Waals surface area contributed by atoms with Gasteiger partial charge in [0.25, 0.3) is 0 Å². The van der Waals surface area contributed by atoms with Crippen LogP contribution in [0.2, 0.25) is 0 Å². The van der Waals surface area contributed by atoms with E-state index in [9.17, 15) is 5.26 Å². The van der Waals surface area contributed by atoms with Gasteiger partial charge in [0, 0.05) is 24.7 Å². The molecule has 7 heteroatoms. The number of aryl methyl sites for hydroxylation is 1. The Morgan fingerprint density at radius 3 is 2.58 bits per heavy atom. The third-order valence-corrected chi connectivity index (χ3v) is 8.96. The van der Waals surface area contributed by atoms with Gasteiger partial charge in [0.05, 0.1) is 35.4 Å². The molecule has 0 bridgehead atoms. The maximum atomic E-state index is 10.2. The summed E-state index contributed by atoms with van der Waals surface area (Å²) >= 11 is 0. The van der Waals surface area contributed by atoms with Crippen LogP contribution in [0.3, 0.4) is 0 Å². The van der Waals surface area contributed by atoms with Crippen molar-refractivity contribution in [2.24, 2.45) is 0 Å². The van der Waals surface area contributed by atoms with E-state index < -0.39 is 7.53 Å². The van der Waals surface area contributed by atoms with Gasteiger partial charge < -0.3 is 9.64 Å². The molecule has 31 heavy (non-hydrogen) atoms. The smallest absolute Gasteiger partial charge is 0.130 e. The van der Waals surface area contributed by atoms with Crippen LogP contribution in [0.4, 0.5) is 5.82 Å². The molecule has 1 aliphatic heterocycles. The van der Waals surface area contributed by atoms with Gasteiger partial charge in [-0.2, -0.15) is 10.4 Å². The second kappa shape index (κ2) is 9.42. The molecule has 1 atom stereocenters. The number of morpholine rings is 1. The molecule has 3 aromatic rings. The van der Waals surface area contributed by atoms with Crippen LogP contribution in [0.5, 0.6) is 0 Å². The van der Waals surface area contributed by atoms with Crippen molar-refractivity contribution in [3.63, 3.8) is 0 Å². The van der Waals surface area contributed by atoms with Crippen molar-refractivity contribution in [3.8, 4) is 11.5 Å². The van der Waals surface area contributed by atoms with Gasteiger partial charge in [-0.15, -0.1) is 0 Å². The molecule has 0 amide bonds. The number of aromatic amines is 1. The molecule has 2 aliphatic rings. The Balaban J connectivity index is 0.00000112. The lowest BCUT2D eigenvalue weighted by Gasteiger charge is -2.30. The van der Waals surface area contributed by atoms with Gasteiger partial charge in [0.15, 0.2) is 0 Å². The van der Waals surface area contributed by atoms with Crippen LogP contribution in [0.15, 0.2) is 24.4 Å². The molecule has 5 rings (SSSR count). The highest BCUT2D eigenvalue weighted by molar-refractivity contribution is 7.62. The number of ether oxygens (including phenoxy) is 1. The molecule has 6 nitrogen and oxygen atoms in total. The molecular formula is C24H32N5OP. The quantitative estimate of drug-likeness (QED) is 0.567. The number of nitriles is 1. The van der Waals surface area contributed by atoms with E-state index in [0.29, 0.717) is 0 Å². The van der Waals surface area contributed by atoms with Crippen LogP contribution in [0, 0.1) is 11.3 Å². The SMILES string of the molecule is CC.CCc1cc2c(C3(C#N)CCCC3)cc(N3CCOCC3)nc2p1-c1ccn[nH]1. The average Bonchev–Trinajstić information content (AvgIpc) is 3.59. The molecule has 1 aliphatic carbocycles. The molecule has 0 radical (unpaired) electrons. The maximum absolute atomic E-state index is 10.2. The molecule has 0 aromatic carbocycles. The van der Waals surface area contributed by atoms with Crippen LogP contribution in [0.1, 0.15) is 57.3 Å². The van der Waals surface area contributed by atoms with Crippen LogP contribution < -0.4 is 4.90 Å². The summed E-state index contributed by atoms with van der Waals surface area (Å²) in [5, 5.41) is 21.4. The lowest BCUT2D eigenvalue weighted by molar-refractivity contribution is 0.122. The highest BCUT2D eigenvalue weighted by atomic mass is 31.1. The maximum Gasteiger partial charge on any atom is 0.130 e. The summed E-state index contributed by atoms with van der Waals surface area (Å²) in [4.78, 5) is 7.52. The normalized spacial score (nSPS) is 18.5. The zero-order valence-corrected chi connectivity index (χ0v) is 19.7. The third-order valence-electron chi connectivity index (χ3n) is 6.45. The highest BCUT2D eigenvalue weighted by Gasteiger charge is 2.38. The molecule has 3 aromatic heterocycles. The minimum absolute atomic E-state index is 0.386. The number of anilines is 1. The first-order chi connectivity index (χ1) is 15.3. The zero-order valence-electron chi connectivity index (χ0n) is 18.8. The lowest BCUT2D eigenvalue weighted by atomic mass is 9.79. The summed E-state index contributed by atoms with van der Waals surface area (Å²) < 4.78 is 5.56. The Morgan fingerprint density at radius 2 is 1.97 bits per heavy atom. The zero-order chi connectivity index (χ0) is 21.8. The number of aromatic nitrogens is 3. The standard InChI is InChI=1S/C22H26N5OP.C2H6/c1-2-16-13-17-18(22(15-23)6-3-4-7-22)14-19(27-9-11-28-12-10-27)25-21(17)29(16)20-5-8-24-26-20;1-2/h5,8,13-14H,2-4,6-7,9-12H2,1H3,(H,24,26);1-2H3. The molecule has 1 N–H and O–H groups in total. The summed E-state index contributed by atoms with van der Waals surface area (Å²) in [5.41, 5.74) is 1.95. The number of H-pyrrole nitrogens is 1. The van der Waals surface area contributed by atoms with E-state index in [0.717, 1.165) is 74.9 Å². The number of pyridine rings is 1. The first kappa shape index (κ1) is 21.9. The third kappa shape index (κ3) is 3.86. The molecule has 1 saturated carbocycles. The Kier molecular flexibility index (Phi) is 6.65.